The van der Waals surface area contributed by atoms with Gasteiger partial charge in [-0.1, -0.05) is 77.8 Å². The summed E-state index contributed by atoms with van der Waals surface area (Å²) in [6.07, 6.45) is 1.82. The lowest BCUT2D eigenvalue weighted by molar-refractivity contribution is -0.142. The minimum absolute atomic E-state index is 0.0610. The number of hydrogen-bond acceptors (Lipinski definition) is 4. The van der Waals surface area contributed by atoms with Gasteiger partial charge in [-0.2, -0.15) is 0 Å². The van der Waals surface area contributed by atoms with Gasteiger partial charge in [-0.25, -0.2) is 8.42 Å². The molecule has 0 bridgehead atoms. The van der Waals surface area contributed by atoms with Gasteiger partial charge in [0.25, 0.3) is 0 Å². The molecule has 226 valence electrons. The van der Waals surface area contributed by atoms with Crippen molar-refractivity contribution in [1.29, 1.82) is 0 Å². The maximum atomic E-state index is 14.0. The number of anilines is 1. The first kappa shape index (κ1) is 33.1. The molecule has 3 rings (SSSR count). The van der Waals surface area contributed by atoms with E-state index in [2.05, 4.69) is 5.32 Å². The van der Waals surface area contributed by atoms with E-state index in [1.165, 1.54) is 4.31 Å². The first-order valence-electron chi connectivity index (χ1n) is 14.1. The number of carbonyl (C=O) groups excluding carboxylic acids is 2. The largest absolute Gasteiger partial charge is 0.350 e. The summed E-state index contributed by atoms with van der Waals surface area (Å²) in [6, 6.07) is 21.9. The van der Waals surface area contributed by atoms with Crippen molar-refractivity contribution in [3.8, 4) is 0 Å². The SMILES string of the molecule is Cc1cccc(CN(C(=O)CCCN(c2cc(Cl)ccc2C)S(C)(=O)=O)[C@H](Cc2ccccc2)C(=O)NC(C)(C)C)c1. The van der Waals surface area contributed by atoms with Crippen LogP contribution in [0.5, 0.6) is 0 Å². The Balaban J connectivity index is 1.92. The van der Waals surface area contributed by atoms with E-state index in [0.29, 0.717) is 17.1 Å². The number of rotatable bonds is 12. The van der Waals surface area contributed by atoms with Crippen molar-refractivity contribution in [3.63, 3.8) is 0 Å². The zero-order valence-electron chi connectivity index (χ0n) is 25.4. The lowest BCUT2D eigenvalue weighted by Gasteiger charge is -2.34. The van der Waals surface area contributed by atoms with Gasteiger partial charge in [0.2, 0.25) is 21.8 Å². The lowest BCUT2D eigenvalue weighted by atomic mass is 10.00. The topological polar surface area (TPSA) is 86.8 Å². The van der Waals surface area contributed by atoms with Crippen LogP contribution in [0.4, 0.5) is 5.69 Å². The molecule has 0 aliphatic heterocycles. The second-order valence-electron chi connectivity index (χ2n) is 11.8. The molecule has 0 fully saturated rings. The molecular formula is C33H42ClN3O4S. The molecule has 0 spiro atoms. The molecule has 0 aliphatic carbocycles. The van der Waals surface area contributed by atoms with E-state index < -0.39 is 21.6 Å². The quantitative estimate of drug-likeness (QED) is 0.270. The van der Waals surface area contributed by atoms with Crippen molar-refractivity contribution in [2.45, 2.75) is 72.0 Å². The van der Waals surface area contributed by atoms with E-state index in [-0.39, 0.29) is 37.7 Å². The minimum atomic E-state index is -3.63. The molecule has 0 saturated carbocycles. The molecule has 7 nitrogen and oxygen atoms in total. The summed E-state index contributed by atoms with van der Waals surface area (Å²) in [4.78, 5) is 29.3. The van der Waals surface area contributed by atoms with Crippen LogP contribution in [-0.2, 0) is 32.6 Å². The molecule has 0 heterocycles. The van der Waals surface area contributed by atoms with Crippen LogP contribution in [0.15, 0.2) is 72.8 Å². The Morgan fingerprint density at radius 2 is 1.60 bits per heavy atom. The van der Waals surface area contributed by atoms with Gasteiger partial charge in [-0.3, -0.25) is 13.9 Å². The zero-order valence-corrected chi connectivity index (χ0v) is 26.9. The van der Waals surface area contributed by atoms with Gasteiger partial charge in [-0.15, -0.1) is 0 Å². The summed E-state index contributed by atoms with van der Waals surface area (Å²) in [5.74, 6) is -0.461. The van der Waals surface area contributed by atoms with Crippen LogP contribution < -0.4 is 9.62 Å². The number of sulfonamides is 1. The second kappa shape index (κ2) is 14.2. The number of amides is 2. The molecule has 3 aromatic rings. The minimum Gasteiger partial charge on any atom is -0.350 e. The van der Waals surface area contributed by atoms with Crippen LogP contribution in [0.1, 0.15) is 55.9 Å². The molecule has 42 heavy (non-hydrogen) atoms. The Kier molecular flexibility index (Phi) is 11.2. The first-order valence-corrected chi connectivity index (χ1v) is 16.3. The summed E-state index contributed by atoms with van der Waals surface area (Å²) >= 11 is 6.18. The van der Waals surface area contributed by atoms with Crippen LogP contribution in [0.3, 0.4) is 0 Å². The smallest absolute Gasteiger partial charge is 0.243 e. The fourth-order valence-electron chi connectivity index (χ4n) is 4.85. The molecule has 0 aromatic heterocycles. The van der Waals surface area contributed by atoms with Crippen LogP contribution >= 0.6 is 11.6 Å². The average Bonchev–Trinajstić information content (AvgIpc) is 2.89. The first-order chi connectivity index (χ1) is 19.6. The van der Waals surface area contributed by atoms with E-state index in [9.17, 15) is 18.0 Å². The summed E-state index contributed by atoms with van der Waals surface area (Å²) in [7, 11) is -3.63. The van der Waals surface area contributed by atoms with Crippen molar-refractivity contribution < 1.29 is 18.0 Å². The van der Waals surface area contributed by atoms with Crippen LogP contribution in [0, 0.1) is 13.8 Å². The molecule has 0 saturated heterocycles. The second-order valence-corrected chi connectivity index (χ2v) is 14.2. The standard InChI is InChI=1S/C33H42ClN3O4S/c1-24-12-10-15-27(20-24)23-36(30(32(39)35-33(3,4)5)21-26-13-8-7-9-14-26)31(38)16-11-19-37(42(6,40)41)29-22-28(34)18-17-25(29)2/h7-10,12-15,17-18,20,22,30H,11,16,19,21,23H2,1-6H3,(H,35,39)/t30-/m1/s1. The molecular weight excluding hydrogens is 570 g/mol. The maximum Gasteiger partial charge on any atom is 0.243 e. The molecule has 3 aromatic carbocycles. The highest BCUT2D eigenvalue weighted by Gasteiger charge is 2.32. The molecule has 1 atom stereocenters. The van der Waals surface area contributed by atoms with Gasteiger partial charge in [0.1, 0.15) is 6.04 Å². The summed E-state index contributed by atoms with van der Waals surface area (Å²) in [6.45, 7) is 9.89. The highest BCUT2D eigenvalue weighted by molar-refractivity contribution is 7.92. The zero-order chi connectivity index (χ0) is 31.1. The van der Waals surface area contributed by atoms with Crippen molar-refractivity contribution in [2.24, 2.45) is 0 Å². The predicted octanol–water partition coefficient (Wildman–Crippen LogP) is 6.06. The molecule has 1 N–H and O–H groups in total. The van der Waals surface area contributed by atoms with Gasteiger partial charge in [0.15, 0.2) is 0 Å². The maximum absolute atomic E-state index is 14.0. The van der Waals surface area contributed by atoms with E-state index in [1.807, 2.05) is 89.2 Å². The molecule has 9 heteroatoms. The molecule has 0 aliphatic rings. The molecule has 2 amide bonds. The Morgan fingerprint density at radius 3 is 2.21 bits per heavy atom. The fourth-order valence-corrected chi connectivity index (χ4v) is 6.03. The van der Waals surface area contributed by atoms with Crippen LogP contribution in [0.2, 0.25) is 5.02 Å². The van der Waals surface area contributed by atoms with Crippen molar-refractivity contribution >= 4 is 39.1 Å². The Morgan fingerprint density at radius 1 is 0.929 bits per heavy atom. The normalized spacial score (nSPS) is 12.5. The summed E-state index contributed by atoms with van der Waals surface area (Å²) < 4.78 is 26.8. The van der Waals surface area contributed by atoms with Crippen LogP contribution in [0.25, 0.3) is 0 Å². The fraction of sp³-hybridized carbons (Fsp3) is 0.394. The number of benzene rings is 3. The Labute approximate surface area is 255 Å². The van der Waals surface area contributed by atoms with Gasteiger partial charge < -0.3 is 10.2 Å². The van der Waals surface area contributed by atoms with Gasteiger partial charge in [0, 0.05) is 36.5 Å². The lowest BCUT2D eigenvalue weighted by Crippen LogP contribution is -2.54. The number of hydrogen-bond donors (Lipinski definition) is 1. The Bertz CT molecular complexity index is 1490. The number of nitrogens with zero attached hydrogens (tertiary/aromatic N) is 2. The third-order valence-electron chi connectivity index (χ3n) is 6.80. The predicted molar refractivity (Wildman–Crippen MR) is 171 cm³/mol. The van der Waals surface area contributed by atoms with E-state index in [1.54, 1.807) is 23.1 Å². The number of halogens is 1. The third-order valence-corrected chi connectivity index (χ3v) is 8.21. The number of carbonyl (C=O) groups is 2. The van der Waals surface area contributed by atoms with Gasteiger partial charge in [-0.05, 0) is 69.9 Å². The van der Waals surface area contributed by atoms with Gasteiger partial charge in [0.05, 0.1) is 11.9 Å². The number of nitrogens with one attached hydrogen (secondary N) is 1. The van der Waals surface area contributed by atoms with E-state index >= 15 is 0 Å². The van der Waals surface area contributed by atoms with E-state index in [0.717, 1.165) is 28.5 Å². The summed E-state index contributed by atoms with van der Waals surface area (Å²) in [5, 5.41) is 3.50. The highest BCUT2D eigenvalue weighted by Crippen LogP contribution is 2.27. The Hall–Kier alpha value is -3.36. The average molecular weight is 612 g/mol. The molecule has 0 radical (unpaired) electrons. The highest BCUT2D eigenvalue weighted by atomic mass is 35.5. The van der Waals surface area contributed by atoms with Crippen LogP contribution in [-0.4, -0.2) is 49.5 Å². The van der Waals surface area contributed by atoms with E-state index in [4.69, 9.17) is 11.6 Å². The molecule has 0 unspecified atom stereocenters. The monoisotopic (exact) mass is 611 g/mol. The van der Waals surface area contributed by atoms with Gasteiger partial charge >= 0.3 is 0 Å². The number of aryl methyl sites for hydroxylation is 2. The van der Waals surface area contributed by atoms with Crippen molar-refractivity contribution in [3.05, 3.63) is 100 Å². The summed E-state index contributed by atoms with van der Waals surface area (Å²) in [5.41, 5.74) is 3.67. The van der Waals surface area contributed by atoms with Crippen molar-refractivity contribution in [1.82, 2.24) is 10.2 Å². The van der Waals surface area contributed by atoms with Crippen molar-refractivity contribution in [2.75, 3.05) is 17.1 Å². The third kappa shape index (κ3) is 9.88.